The lowest BCUT2D eigenvalue weighted by Gasteiger charge is -2.24. The molecule has 0 aliphatic rings. The van der Waals surface area contributed by atoms with E-state index in [1.54, 1.807) is 24.3 Å². The molecule has 0 fully saturated rings. The number of methoxy groups -OCH3 is 2. The van der Waals surface area contributed by atoms with Crippen LogP contribution in [0.5, 0.6) is 17.2 Å². The van der Waals surface area contributed by atoms with E-state index in [-0.39, 0.29) is 29.0 Å². The third kappa shape index (κ3) is 6.83. The highest BCUT2D eigenvalue weighted by atomic mass is 35.5. The highest BCUT2D eigenvalue weighted by molar-refractivity contribution is 7.92. The van der Waals surface area contributed by atoms with Crippen LogP contribution in [-0.4, -0.2) is 41.2 Å². The van der Waals surface area contributed by atoms with Crippen molar-refractivity contribution < 1.29 is 27.4 Å². The fourth-order valence-corrected chi connectivity index (χ4v) is 4.98. The summed E-state index contributed by atoms with van der Waals surface area (Å²) in [7, 11) is -1.27. The van der Waals surface area contributed by atoms with Gasteiger partial charge in [-0.1, -0.05) is 23.7 Å². The minimum absolute atomic E-state index is 0.0181. The van der Waals surface area contributed by atoms with Crippen LogP contribution in [0.25, 0.3) is 0 Å². The molecule has 0 aliphatic carbocycles. The molecule has 0 bridgehead atoms. The highest BCUT2D eigenvalue weighted by Gasteiger charge is 2.28. The maximum absolute atomic E-state index is 13.6. The summed E-state index contributed by atoms with van der Waals surface area (Å²) in [6.45, 7) is 3.62. The third-order valence-electron chi connectivity index (χ3n) is 5.10. The Bertz CT molecular complexity index is 1300. The van der Waals surface area contributed by atoms with Crippen molar-refractivity contribution in [2.45, 2.75) is 31.4 Å². The Labute approximate surface area is 216 Å². The zero-order valence-corrected chi connectivity index (χ0v) is 22.1. The van der Waals surface area contributed by atoms with E-state index in [2.05, 4.69) is 5.32 Å². The topological polar surface area (TPSA) is 94.2 Å². The van der Waals surface area contributed by atoms with Gasteiger partial charge in [0.1, 0.15) is 12.3 Å². The van der Waals surface area contributed by atoms with Crippen LogP contribution in [0.3, 0.4) is 0 Å². The van der Waals surface area contributed by atoms with Crippen LogP contribution < -0.4 is 23.8 Å². The number of carbonyl (C=O) groups excluding carboxylic acids is 1. The van der Waals surface area contributed by atoms with E-state index >= 15 is 0 Å². The van der Waals surface area contributed by atoms with E-state index in [1.807, 2.05) is 38.1 Å². The summed E-state index contributed by atoms with van der Waals surface area (Å²) in [5, 5.41) is 3.22. The summed E-state index contributed by atoms with van der Waals surface area (Å²) < 4.78 is 44.5. The normalized spacial score (nSPS) is 11.2. The van der Waals surface area contributed by atoms with Gasteiger partial charge < -0.3 is 19.5 Å². The van der Waals surface area contributed by atoms with E-state index in [0.29, 0.717) is 16.5 Å². The van der Waals surface area contributed by atoms with E-state index in [1.165, 1.54) is 32.4 Å². The minimum Gasteiger partial charge on any atom is -0.493 e. The third-order valence-corrected chi connectivity index (χ3v) is 7.13. The average Bonchev–Trinajstić information content (AvgIpc) is 2.86. The lowest BCUT2D eigenvalue weighted by atomic mass is 10.2. The van der Waals surface area contributed by atoms with Crippen LogP contribution in [0, 0.1) is 0 Å². The maximum atomic E-state index is 13.6. The Balaban J connectivity index is 1.85. The fraction of sp³-hybridized carbons (Fsp3) is 0.269. The second-order valence-corrected chi connectivity index (χ2v) is 10.4. The predicted octanol–water partition coefficient (Wildman–Crippen LogP) is 4.66. The van der Waals surface area contributed by atoms with Crippen molar-refractivity contribution in [1.82, 2.24) is 5.32 Å². The number of hydrogen-bond acceptors (Lipinski definition) is 6. The van der Waals surface area contributed by atoms with Crippen LogP contribution in [-0.2, 0) is 21.4 Å². The largest absolute Gasteiger partial charge is 0.493 e. The van der Waals surface area contributed by atoms with Gasteiger partial charge in [0.05, 0.1) is 30.9 Å². The van der Waals surface area contributed by atoms with Gasteiger partial charge in [-0.05, 0) is 67.9 Å². The van der Waals surface area contributed by atoms with Crippen molar-refractivity contribution >= 4 is 33.2 Å². The van der Waals surface area contributed by atoms with Gasteiger partial charge in [-0.2, -0.15) is 0 Å². The number of amides is 1. The lowest BCUT2D eigenvalue weighted by molar-refractivity contribution is -0.119. The monoisotopic (exact) mass is 532 g/mol. The SMILES string of the molecule is COc1ccc(S(=O)(=O)N(CC(=O)NCc2cccc(OC(C)C)c2)c2ccc(Cl)cc2)cc1OC. The molecule has 36 heavy (non-hydrogen) atoms. The van der Waals surface area contributed by atoms with E-state index < -0.39 is 22.5 Å². The van der Waals surface area contributed by atoms with Gasteiger partial charge in [0.2, 0.25) is 5.91 Å². The Kier molecular flexibility index (Phi) is 9.06. The number of halogens is 1. The van der Waals surface area contributed by atoms with Gasteiger partial charge in [0, 0.05) is 17.6 Å². The summed E-state index contributed by atoms with van der Waals surface area (Å²) in [6.07, 6.45) is 0.0181. The number of carbonyl (C=O) groups is 1. The summed E-state index contributed by atoms with van der Waals surface area (Å²) in [4.78, 5) is 12.9. The van der Waals surface area contributed by atoms with Crippen molar-refractivity contribution in [2.75, 3.05) is 25.1 Å². The molecule has 3 aromatic rings. The van der Waals surface area contributed by atoms with Gasteiger partial charge >= 0.3 is 0 Å². The highest BCUT2D eigenvalue weighted by Crippen LogP contribution is 2.32. The first-order valence-electron chi connectivity index (χ1n) is 11.2. The number of nitrogens with one attached hydrogen (secondary N) is 1. The van der Waals surface area contributed by atoms with Crippen LogP contribution in [0.1, 0.15) is 19.4 Å². The van der Waals surface area contributed by atoms with Gasteiger partial charge in [-0.3, -0.25) is 9.10 Å². The van der Waals surface area contributed by atoms with E-state index in [0.717, 1.165) is 9.87 Å². The number of sulfonamides is 1. The van der Waals surface area contributed by atoms with Crippen molar-refractivity contribution in [3.63, 3.8) is 0 Å². The van der Waals surface area contributed by atoms with Crippen molar-refractivity contribution in [3.8, 4) is 17.2 Å². The molecule has 0 saturated heterocycles. The molecule has 1 amide bonds. The molecule has 3 rings (SSSR count). The molecule has 10 heteroatoms. The molecular weight excluding hydrogens is 504 g/mol. The van der Waals surface area contributed by atoms with Crippen molar-refractivity contribution in [3.05, 3.63) is 77.3 Å². The molecule has 0 aliphatic heterocycles. The molecule has 3 aromatic carbocycles. The lowest BCUT2D eigenvalue weighted by Crippen LogP contribution is -2.40. The molecule has 1 N–H and O–H groups in total. The molecule has 8 nitrogen and oxygen atoms in total. The number of benzene rings is 3. The second kappa shape index (κ2) is 12.0. The quantitative estimate of drug-likeness (QED) is 0.386. The van der Waals surface area contributed by atoms with E-state index in [4.69, 9.17) is 25.8 Å². The first kappa shape index (κ1) is 27.2. The Morgan fingerprint density at radius 3 is 2.31 bits per heavy atom. The Morgan fingerprint density at radius 2 is 1.67 bits per heavy atom. The molecule has 0 spiro atoms. The van der Waals surface area contributed by atoms with Crippen molar-refractivity contribution in [1.29, 1.82) is 0 Å². The molecule has 0 heterocycles. The maximum Gasteiger partial charge on any atom is 0.264 e. The molecule has 0 atom stereocenters. The first-order valence-corrected chi connectivity index (χ1v) is 13.0. The first-order chi connectivity index (χ1) is 17.1. The Morgan fingerprint density at radius 1 is 0.972 bits per heavy atom. The Hall–Kier alpha value is -3.43. The molecular formula is C26H29ClN2O6S. The number of hydrogen-bond donors (Lipinski definition) is 1. The van der Waals surface area contributed by atoms with Gasteiger partial charge in [0.15, 0.2) is 11.5 Å². The molecule has 0 saturated carbocycles. The smallest absolute Gasteiger partial charge is 0.264 e. The second-order valence-electron chi connectivity index (χ2n) is 8.10. The molecule has 0 radical (unpaired) electrons. The van der Waals surface area contributed by atoms with Gasteiger partial charge in [-0.25, -0.2) is 8.42 Å². The molecule has 192 valence electrons. The molecule has 0 aromatic heterocycles. The number of rotatable bonds is 11. The summed E-state index contributed by atoms with van der Waals surface area (Å²) in [6, 6.07) is 17.8. The minimum atomic E-state index is -4.15. The fourth-order valence-electron chi connectivity index (χ4n) is 3.41. The van der Waals surface area contributed by atoms with Crippen LogP contribution >= 0.6 is 11.6 Å². The number of ether oxygens (including phenoxy) is 3. The number of anilines is 1. The average molecular weight is 533 g/mol. The van der Waals surface area contributed by atoms with E-state index in [9.17, 15) is 13.2 Å². The van der Waals surface area contributed by atoms with Crippen LogP contribution in [0.4, 0.5) is 5.69 Å². The summed E-state index contributed by atoms with van der Waals surface area (Å²) >= 11 is 6.00. The molecule has 0 unspecified atom stereocenters. The van der Waals surface area contributed by atoms with Crippen LogP contribution in [0.2, 0.25) is 5.02 Å². The number of nitrogens with zero attached hydrogens (tertiary/aromatic N) is 1. The van der Waals surface area contributed by atoms with Crippen LogP contribution in [0.15, 0.2) is 71.6 Å². The zero-order chi connectivity index (χ0) is 26.3. The van der Waals surface area contributed by atoms with Crippen molar-refractivity contribution in [2.24, 2.45) is 0 Å². The van der Waals surface area contributed by atoms with Gasteiger partial charge in [-0.15, -0.1) is 0 Å². The predicted molar refractivity (Wildman–Crippen MR) is 140 cm³/mol. The standard InChI is InChI=1S/C26H29ClN2O6S/c1-18(2)35-22-7-5-6-19(14-22)16-28-26(30)17-29(21-10-8-20(27)9-11-21)36(31,32)23-12-13-24(33-3)25(15-23)34-4/h5-15,18H,16-17H2,1-4H3,(H,28,30). The summed E-state index contributed by atoms with van der Waals surface area (Å²) in [5.74, 6) is 0.846. The zero-order valence-electron chi connectivity index (χ0n) is 20.5. The summed E-state index contributed by atoms with van der Waals surface area (Å²) in [5.41, 5.74) is 1.11. The van der Waals surface area contributed by atoms with Gasteiger partial charge in [0.25, 0.3) is 10.0 Å².